The van der Waals surface area contributed by atoms with Gasteiger partial charge in [0.25, 0.3) is 0 Å². The highest BCUT2D eigenvalue weighted by atomic mass is 15.2. The van der Waals surface area contributed by atoms with Gasteiger partial charge in [0.1, 0.15) is 0 Å². The predicted octanol–water partition coefficient (Wildman–Crippen LogP) is 0.231. The third-order valence-electron chi connectivity index (χ3n) is 3.35. The van der Waals surface area contributed by atoms with Gasteiger partial charge >= 0.3 is 0 Å². The van der Waals surface area contributed by atoms with E-state index < -0.39 is 0 Å². The Labute approximate surface area is 128 Å². The molecule has 0 aromatic heterocycles. The molecule has 1 atom stereocenters. The summed E-state index contributed by atoms with van der Waals surface area (Å²) >= 11 is 0. The van der Waals surface area contributed by atoms with E-state index in [0.29, 0.717) is 25.2 Å². The maximum absolute atomic E-state index is 5.84. The van der Waals surface area contributed by atoms with Gasteiger partial charge in [0, 0.05) is 44.8 Å². The summed E-state index contributed by atoms with van der Waals surface area (Å²) in [7, 11) is 0. The second kappa shape index (κ2) is 10.7. The van der Waals surface area contributed by atoms with Crippen molar-refractivity contribution >= 4 is 0 Å². The summed E-state index contributed by atoms with van der Waals surface area (Å²) in [5.74, 6) is 0. The summed E-state index contributed by atoms with van der Waals surface area (Å²) in [4.78, 5) is 2.42. The van der Waals surface area contributed by atoms with Crippen LogP contribution < -0.4 is 22.9 Å². The standard InChI is InChI=1S/C11H16N2.C3H7N.C2H8N2/c12-11-6-7-13(9-11)8-10-4-2-1-3-5-10;4-3-1-2-3;3-1-2-4/h1-5,11H,6-9,12H2;3H,1-2,4H2;1-4H2. The fourth-order valence-corrected chi connectivity index (χ4v) is 1.94. The van der Waals surface area contributed by atoms with Crippen LogP contribution in [0.25, 0.3) is 0 Å². The van der Waals surface area contributed by atoms with E-state index in [0.717, 1.165) is 26.1 Å². The van der Waals surface area contributed by atoms with Crippen LogP contribution in [0.15, 0.2) is 30.3 Å². The maximum Gasteiger partial charge on any atom is 0.0234 e. The predicted molar refractivity (Wildman–Crippen MR) is 89.6 cm³/mol. The Morgan fingerprint density at radius 1 is 0.905 bits per heavy atom. The van der Waals surface area contributed by atoms with Crippen molar-refractivity contribution in [1.29, 1.82) is 0 Å². The van der Waals surface area contributed by atoms with Crippen molar-refractivity contribution in [2.45, 2.75) is 37.9 Å². The Kier molecular flexibility index (Phi) is 9.21. The highest BCUT2D eigenvalue weighted by molar-refractivity contribution is 5.14. The second-order valence-corrected chi connectivity index (χ2v) is 5.68. The van der Waals surface area contributed by atoms with Crippen LogP contribution in [0.4, 0.5) is 0 Å². The maximum atomic E-state index is 5.84. The molecule has 0 bridgehead atoms. The van der Waals surface area contributed by atoms with Crippen LogP contribution in [0.3, 0.4) is 0 Å². The van der Waals surface area contributed by atoms with Crippen LogP contribution in [0.5, 0.6) is 0 Å². The van der Waals surface area contributed by atoms with E-state index in [1.54, 1.807) is 0 Å². The van der Waals surface area contributed by atoms with Crippen molar-refractivity contribution in [2.75, 3.05) is 26.2 Å². The van der Waals surface area contributed by atoms with Crippen molar-refractivity contribution in [2.24, 2.45) is 22.9 Å². The molecule has 1 heterocycles. The Balaban J connectivity index is 0.000000227. The van der Waals surface area contributed by atoms with Gasteiger partial charge in [-0.25, -0.2) is 0 Å². The van der Waals surface area contributed by atoms with Crippen molar-refractivity contribution in [3.05, 3.63) is 35.9 Å². The first kappa shape index (κ1) is 18.1. The van der Waals surface area contributed by atoms with E-state index >= 15 is 0 Å². The molecule has 1 unspecified atom stereocenters. The van der Waals surface area contributed by atoms with Crippen LogP contribution in [0.1, 0.15) is 24.8 Å². The minimum absolute atomic E-state index is 0.392. The molecule has 0 amide bonds. The van der Waals surface area contributed by atoms with E-state index in [9.17, 15) is 0 Å². The Hall–Kier alpha value is -0.980. The van der Waals surface area contributed by atoms with E-state index in [1.807, 2.05) is 0 Å². The summed E-state index contributed by atoms with van der Waals surface area (Å²) in [5, 5.41) is 0. The van der Waals surface area contributed by atoms with E-state index in [1.165, 1.54) is 18.4 Å². The summed E-state index contributed by atoms with van der Waals surface area (Å²) in [6.07, 6.45) is 3.67. The summed E-state index contributed by atoms with van der Waals surface area (Å²) in [5.41, 5.74) is 22.3. The Morgan fingerprint density at radius 3 is 1.86 bits per heavy atom. The number of likely N-dealkylation sites (tertiary alicyclic amines) is 1. The molecule has 1 aromatic rings. The largest absolute Gasteiger partial charge is 0.329 e. The van der Waals surface area contributed by atoms with Gasteiger partial charge < -0.3 is 22.9 Å². The molecular weight excluding hydrogens is 262 g/mol. The van der Waals surface area contributed by atoms with Crippen LogP contribution >= 0.6 is 0 Å². The van der Waals surface area contributed by atoms with Crippen LogP contribution in [-0.4, -0.2) is 43.2 Å². The molecule has 3 rings (SSSR count). The first-order valence-electron chi connectivity index (χ1n) is 7.83. The summed E-state index contributed by atoms with van der Waals surface area (Å²) in [6, 6.07) is 11.5. The van der Waals surface area contributed by atoms with E-state index in [2.05, 4.69) is 35.2 Å². The molecule has 21 heavy (non-hydrogen) atoms. The van der Waals surface area contributed by atoms with E-state index in [4.69, 9.17) is 22.9 Å². The smallest absolute Gasteiger partial charge is 0.0234 e. The zero-order valence-corrected chi connectivity index (χ0v) is 13.0. The molecule has 2 fully saturated rings. The van der Waals surface area contributed by atoms with Gasteiger partial charge in [-0.2, -0.15) is 0 Å². The number of rotatable bonds is 3. The van der Waals surface area contributed by atoms with Gasteiger partial charge in [0.15, 0.2) is 0 Å². The van der Waals surface area contributed by atoms with Gasteiger partial charge in [-0.05, 0) is 24.8 Å². The Morgan fingerprint density at radius 2 is 1.48 bits per heavy atom. The fourth-order valence-electron chi connectivity index (χ4n) is 1.94. The summed E-state index contributed by atoms with van der Waals surface area (Å²) < 4.78 is 0. The normalized spacial score (nSPS) is 21.0. The average Bonchev–Trinajstić information content (AvgIpc) is 3.18. The molecule has 1 aromatic carbocycles. The van der Waals surface area contributed by atoms with Crippen molar-refractivity contribution in [3.8, 4) is 0 Å². The minimum Gasteiger partial charge on any atom is -0.329 e. The molecule has 120 valence electrons. The molecule has 5 heteroatoms. The quantitative estimate of drug-likeness (QED) is 0.638. The zero-order valence-electron chi connectivity index (χ0n) is 13.0. The Bertz CT molecular complexity index is 351. The highest BCUT2D eigenvalue weighted by Gasteiger charge is 2.18. The molecule has 1 aliphatic heterocycles. The second-order valence-electron chi connectivity index (χ2n) is 5.68. The average molecular weight is 293 g/mol. The van der Waals surface area contributed by atoms with Gasteiger partial charge in [0.2, 0.25) is 0 Å². The lowest BCUT2D eigenvalue weighted by molar-refractivity contribution is 0.327. The van der Waals surface area contributed by atoms with Crippen molar-refractivity contribution < 1.29 is 0 Å². The van der Waals surface area contributed by atoms with Crippen LogP contribution in [0.2, 0.25) is 0 Å². The third-order valence-corrected chi connectivity index (χ3v) is 3.35. The molecule has 1 saturated carbocycles. The lowest BCUT2D eigenvalue weighted by Crippen LogP contribution is -2.26. The topological polar surface area (TPSA) is 107 Å². The lowest BCUT2D eigenvalue weighted by atomic mass is 10.2. The van der Waals surface area contributed by atoms with E-state index in [-0.39, 0.29) is 0 Å². The third kappa shape index (κ3) is 9.55. The SMILES string of the molecule is NC1CC1.NC1CCN(Cc2ccccc2)C1.NCCN. The molecule has 0 radical (unpaired) electrons. The number of benzene rings is 1. The molecule has 5 nitrogen and oxygen atoms in total. The molecular formula is C16H31N5. The van der Waals surface area contributed by atoms with Gasteiger partial charge in [-0.15, -0.1) is 0 Å². The number of hydrogen-bond donors (Lipinski definition) is 4. The van der Waals surface area contributed by atoms with Gasteiger partial charge in [0.05, 0.1) is 0 Å². The molecule has 1 saturated heterocycles. The van der Waals surface area contributed by atoms with Gasteiger partial charge in [-0.3, -0.25) is 4.90 Å². The molecule has 2 aliphatic rings. The minimum atomic E-state index is 0.392. The number of hydrogen-bond acceptors (Lipinski definition) is 5. The zero-order chi connectivity index (χ0) is 15.5. The number of nitrogens with zero attached hydrogens (tertiary/aromatic N) is 1. The molecule has 0 spiro atoms. The van der Waals surface area contributed by atoms with Crippen molar-refractivity contribution in [3.63, 3.8) is 0 Å². The number of nitrogens with two attached hydrogens (primary N) is 4. The monoisotopic (exact) mass is 293 g/mol. The fraction of sp³-hybridized carbons (Fsp3) is 0.625. The van der Waals surface area contributed by atoms with Crippen LogP contribution in [0, 0.1) is 0 Å². The van der Waals surface area contributed by atoms with Gasteiger partial charge in [-0.1, -0.05) is 30.3 Å². The molecule has 1 aliphatic carbocycles. The lowest BCUT2D eigenvalue weighted by Gasteiger charge is -2.14. The molecule has 8 N–H and O–H groups in total. The van der Waals surface area contributed by atoms with Crippen LogP contribution in [-0.2, 0) is 6.54 Å². The van der Waals surface area contributed by atoms with Crippen molar-refractivity contribution in [1.82, 2.24) is 4.90 Å². The highest BCUT2D eigenvalue weighted by Crippen LogP contribution is 2.14. The first-order chi connectivity index (χ1) is 10.2. The summed E-state index contributed by atoms with van der Waals surface area (Å²) in [6.45, 7) is 4.44. The first-order valence-corrected chi connectivity index (χ1v) is 7.83.